The summed E-state index contributed by atoms with van der Waals surface area (Å²) in [6.45, 7) is 2.24. The lowest BCUT2D eigenvalue weighted by Crippen LogP contribution is -2.31. The molecule has 0 saturated heterocycles. The van der Waals surface area contributed by atoms with Crippen LogP contribution in [0.4, 0.5) is 0 Å². The summed E-state index contributed by atoms with van der Waals surface area (Å²) in [6, 6.07) is 4.56. The molecule has 0 radical (unpaired) electrons. The number of nitrogens with zero attached hydrogens (tertiary/aromatic N) is 1. The number of amides is 1. The standard InChI is InChI=1S/C12H14BrNO4/c1-3-14(2)11(15)7-18-10-6-8(13)4-5-9(10)12(16)17/h4-6H,3,7H2,1-2H3,(H,16,17). The minimum atomic E-state index is -1.09. The monoisotopic (exact) mass is 315 g/mol. The lowest BCUT2D eigenvalue weighted by atomic mass is 10.2. The number of rotatable bonds is 5. The van der Waals surface area contributed by atoms with Gasteiger partial charge in [0.05, 0.1) is 0 Å². The van der Waals surface area contributed by atoms with Gasteiger partial charge in [0.1, 0.15) is 11.3 Å². The fourth-order valence-corrected chi connectivity index (χ4v) is 1.56. The average Bonchev–Trinajstić information content (AvgIpc) is 2.34. The zero-order chi connectivity index (χ0) is 13.7. The van der Waals surface area contributed by atoms with Gasteiger partial charge in [-0.25, -0.2) is 4.79 Å². The van der Waals surface area contributed by atoms with E-state index in [1.807, 2.05) is 6.92 Å². The molecule has 0 bridgehead atoms. The minimum absolute atomic E-state index is 0.0325. The average molecular weight is 316 g/mol. The van der Waals surface area contributed by atoms with Crippen molar-refractivity contribution in [3.8, 4) is 5.75 Å². The van der Waals surface area contributed by atoms with Gasteiger partial charge in [0.2, 0.25) is 0 Å². The van der Waals surface area contributed by atoms with Gasteiger partial charge in [-0.05, 0) is 25.1 Å². The SMILES string of the molecule is CCN(C)C(=O)COc1cc(Br)ccc1C(=O)O. The van der Waals surface area contributed by atoms with Crippen LogP contribution >= 0.6 is 15.9 Å². The normalized spacial score (nSPS) is 9.94. The zero-order valence-electron chi connectivity index (χ0n) is 10.1. The third-order valence-electron chi connectivity index (χ3n) is 2.43. The minimum Gasteiger partial charge on any atom is -0.483 e. The van der Waals surface area contributed by atoms with E-state index in [1.165, 1.54) is 17.0 Å². The molecule has 0 aliphatic heterocycles. The maximum Gasteiger partial charge on any atom is 0.339 e. The van der Waals surface area contributed by atoms with E-state index in [1.54, 1.807) is 13.1 Å². The van der Waals surface area contributed by atoms with Crippen LogP contribution in [-0.2, 0) is 4.79 Å². The molecule has 0 aromatic heterocycles. The van der Waals surface area contributed by atoms with Crippen LogP contribution < -0.4 is 4.74 Å². The molecule has 1 amide bonds. The van der Waals surface area contributed by atoms with E-state index in [2.05, 4.69) is 15.9 Å². The molecule has 0 aliphatic carbocycles. The van der Waals surface area contributed by atoms with Crippen molar-refractivity contribution in [3.63, 3.8) is 0 Å². The van der Waals surface area contributed by atoms with Crippen molar-refractivity contribution in [3.05, 3.63) is 28.2 Å². The molecule has 98 valence electrons. The molecule has 0 fully saturated rings. The summed E-state index contributed by atoms with van der Waals surface area (Å²) >= 11 is 3.23. The van der Waals surface area contributed by atoms with Gasteiger partial charge < -0.3 is 14.7 Å². The summed E-state index contributed by atoms with van der Waals surface area (Å²) < 4.78 is 5.96. The number of carboxylic acid groups (broad SMARTS) is 1. The quantitative estimate of drug-likeness (QED) is 0.902. The number of hydrogen-bond donors (Lipinski definition) is 1. The van der Waals surface area contributed by atoms with Crippen LogP contribution in [0.1, 0.15) is 17.3 Å². The summed E-state index contributed by atoms with van der Waals surface area (Å²) in [6.07, 6.45) is 0. The second-order valence-electron chi connectivity index (χ2n) is 3.64. The fraction of sp³-hybridized carbons (Fsp3) is 0.333. The molecule has 0 heterocycles. The van der Waals surface area contributed by atoms with E-state index in [0.717, 1.165) is 0 Å². The summed E-state index contributed by atoms with van der Waals surface area (Å²) in [5.74, 6) is -1.11. The smallest absolute Gasteiger partial charge is 0.339 e. The molecule has 1 rings (SSSR count). The Bertz CT molecular complexity index is 461. The molecule has 6 heteroatoms. The lowest BCUT2D eigenvalue weighted by molar-refractivity contribution is -0.131. The van der Waals surface area contributed by atoms with Gasteiger partial charge in [-0.3, -0.25) is 4.79 Å². The number of halogens is 1. The number of ether oxygens (including phenoxy) is 1. The number of carboxylic acids is 1. The first-order chi connectivity index (χ1) is 8.45. The van der Waals surface area contributed by atoms with Gasteiger partial charge in [0.25, 0.3) is 5.91 Å². The highest BCUT2D eigenvalue weighted by Crippen LogP contribution is 2.23. The largest absolute Gasteiger partial charge is 0.483 e. The van der Waals surface area contributed by atoms with Crippen LogP contribution in [-0.4, -0.2) is 42.1 Å². The van der Waals surface area contributed by atoms with E-state index in [9.17, 15) is 9.59 Å². The Hall–Kier alpha value is -1.56. The Balaban J connectivity index is 2.81. The van der Waals surface area contributed by atoms with Gasteiger partial charge in [-0.15, -0.1) is 0 Å². The van der Waals surface area contributed by atoms with Crippen molar-refractivity contribution in [1.29, 1.82) is 0 Å². The number of benzene rings is 1. The Morgan fingerprint density at radius 2 is 2.11 bits per heavy atom. The number of aromatic carboxylic acids is 1. The van der Waals surface area contributed by atoms with Crippen molar-refractivity contribution in [2.24, 2.45) is 0 Å². The van der Waals surface area contributed by atoms with Crippen LogP contribution in [0.2, 0.25) is 0 Å². The Morgan fingerprint density at radius 1 is 1.44 bits per heavy atom. The Labute approximate surface area is 113 Å². The number of carbonyl (C=O) groups excluding carboxylic acids is 1. The first-order valence-corrected chi connectivity index (χ1v) is 6.14. The second-order valence-corrected chi connectivity index (χ2v) is 4.56. The van der Waals surface area contributed by atoms with Crippen LogP contribution in [0.3, 0.4) is 0 Å². The third-order valence-corrected chi connectivity index (χ3v) is 2.92. The molecular weight excluding hydrogens is 302 g/mol. The van der Waals surface area contributed by atoms with E-state index >= 15 is 0 Å². The predicted molar refractivity (Wildman–Crippen MR) is 69.9 cm³/mol. The lowest BCUT2D eigenvalue weighted by Gasteiger charge is -2.15. The summed E-state index contributed by atoms with van der Waals surface area (Å²) in [4.78, 5) is 24.0. The van der Waals surface area contributed by atoms with Gasteiger partial charge in [0.15, 0.2) is 6.61 Å². The summed E-state index contributed by atoms with van der Waals surface area (Å²) in [7, 11) is 1.66. The maximum absolute atomic E-state index is 11.6. The van der Waals surface area contributed by atoms with Crippen molar-refractivity contribution in [1.82, 2.24) is 4.90 Å². The van der Waals surface area contributed by atoms with Gasteiger partial charge in [-0.1, -0.05) is 15.9 Å². The Kier molecular flexibility index (Phi) is 5.15. The van der Waals surface area contributed by atoms with Crippen LogP contribution in [0, 0.1) is 0 Å². The number of likely N-dealkylation sites (N-methyl/N-ethyl adjacent to an activating group) is 1. The Morgan fingerprint density at radius 3 is 2.67 bits per heavy atom. The van der Waals surface area contributed by atoms with Crippen LogP contribution in [0.5, 0.6) is 5.75 Å². The molecule has 0 unspecified atom stereocenters. The topological polar surface area (TPSA) is 66.8 Å². The maximum atomic E-state index is 11.6. The highest BCUT2D eigenvalue weighted by Gasteiger charge is 2.14. The predicted octanol–water partition coefficient (Wildman–Crippen LogP) is 2.00. The first kappa shape index (κ1) is 14.5. The molecule has 0 aliphatic rings. The van der Waals surface area contributed by atoms with Crippen LogP contribution in [0.15, 0.2) is 22.7 Å². The fourth-order valence-electron chi connectivity index (χ4n) is 1.22. The molecule has 0 saturated carbocycles. The van der Waals surface area contributed by atoms with Gasteiger partial charge >= 0.3 is 5.97 Å². The van der Waals surface area contributed by atoms with Crippen molar-refractivity contribution in [2.75, 3.05) is 20.2 Å². The van der Waals surface area contributed by atoms with Crippen molar-refractivity contribution >= 4 is 27.8 Å². The highest BCUT2D eigenvalue weighted by molar-refractivity contribution is 9.10. The van der Waals surface area contributed by atoms with E-state index in [4.69, 9.17) is 9.84 Å². The second kappa shape index (κ2) is 6.39. The molecule has 1 aromatic carbocycles. The highest BCUT2D eigenvalue weighted by atomic mass is 79.9. The van der Waals surface area contributed by atoms with Crippen molar-refractivity contribution in [2.45, 2.75) is 6.92 Å². The molecule has 0 atom stereocenters. The number of hydrogen-bond acceptors (Lipinski definition) is 3. The van der Waals surface area contributed by atoms with Gasteiger partial charge in [0, 0.05) is 18.1 Å². The molecule has 18 heavy (non-hydrogen) atoms. The molecule has 1 aromatic rings. The first-order valence-electron chi connectivity index (χ1n) is 5.35. The molecule has 1 N–H and O–H groups in total. The van der Waals surface area contributed by atoms with Crippen LogP contribution in [0.25, 0.3) is 0 Å². The van der Waals surface area contributed by atoms with Crippen molar-refractivity contribution < 1.29 is 19.4 Å². The van der Waals surface area contributed by atoms with Gasteiger partial charge in [-0.2, -0.15) is 0 Å². The molecule has 5 nitrogen and oxygen atoms in total. The number of carbonyl (C=O) groups is 2. The third kappa shape index (κ3) is 3.73. The molecule has 0 spiro atoms. The summed E-state index contributed by atoms with van der Waals surface area (Å²) in [5, 5.41) is 8.99. The van der Waals surface area contributed by atoms with E-state index < -0.39 is 5.97 Å². The zero-order valence-corrected chi connectivity index (χ0v) is 11.7. The molecular formula is C12H14BrNO4. The van der Waals surface area contributed by atoms with E-state index in [-0.39, 0.29) is 23.8 Å². The van der Waals surface area contributed by atoms with E-state index in [0.29, 0.717) is 11.0 Å². The summed E-state index contributed by atoms with van der Waals surface area (Å²) in [5.41, 5.74) is 0.0325.